The van der Waals surface area contributed by atoms with E-state index in [4.69, 9.17) is 4.74 Å². The normalized spacial score (nSPS) is 16.3. The molecule has 0 bridgehead atoms. The molecule has 1 saturated carbocycles. The second-order valence-electron chi connectivity index (χ2n) is 6.54. The third-order valence-electron chi connectivity index (χ3n) is 4.45. The van der Waals surface area contributed by atoms with Gasteiger partial charge in [-0.15, -0.1) is 24.0 Å². The van der Waals surface area contributed by atoms with E-state index in [9.17, 15) is 5.11 Å². The minimum absolute atomic E-state index is 0. The number of benzene rings is 1. The zero-order valence-electron chi connectivity index (χ0n) is 15.7. The van der Waals surface area contributed by atoms with Gasteiger partial charge in [0.25, 0.3) is 0 Å². The monoisotopic (exact) mass is 473 g/mol. The molecule has 1 aromatic carbocycles. The van der Waals surface area contributed by atoms with E-state index in [0.29, 0.717) is 19.7 Å². The fraction of sp³-hybridized carbons (Fsp3) is 0.550. The summed E-state index contributed by atoms with van der Waals surface area (Å²) < 4.78 is 5.68. The Hall–Kier alpha value is -1.28. The molecule has 0 heterocycles. The minimum Gasteiger partial charge on any atom is -0.489 e. The average molecular weight is 473 g/mol. The molecule has 6 heteroatoms. The predicted molar refractivity (Wildman–Crippen MR) is 118 cm³/mol. The van der Waals surface area contributed by atoms with Gasteiger partial charge in [0, 0.05) is 18.7 Å². The van der Waals surface area contributed by atoms with Gasteiger partial charge >= 0.3 is 0 Å². The molecule has 0 unspecified atom stereocenters. The molecule has 0 aliphatic heterocycles. The molecule has 0 amide bonds. The van der Waals surface area contributed by atoms with Crippen LogP contribution in [0.3, 0.4) is 0 Å². The molecule has 1 aliphatic carbocycles. The Bertz CT molecular complexity index is 572. The number of aliphatic hydroxyl groups is 1. The van der Waals surface area contributed by atoms with Gasteiger partial charge in [0.15, 0.2) is 5.96 Å². The first-order valence-electron chi connectivity index (χ1n) is 9.23. The van der Waals surface area contributed by atoms with Gasteiger partial charge in [-0.3, -0.25) is 0 Å². The van der Waals surface area contributed by atoms with Crippen molar-refractivity contribution < 1.29 is 9.84 Å². The molecule has 0 aromatic heterocycles. The number of ether oxygens (including phenoxy) is 1. The first kappa shape index (κ1) is 22.8. The number of halogens is 1. The quantitative estimate of drug-likeness (QED) is 0.234. The lowest BCUT2D eigenvalue weighted by Crippen LogP contribution is -2.48. The second-order valence-corrected chi connectivity index (χ2v) is 6.54. The van der Waals surface area contributed by atoms with E-state index in [1.165, 1.54) is 6.42 Å². The number of hydrogen-bond acceptors (Lipinski definition) is 3. The van der Waals surface area contributed by atoms with Crippen molar-refractivity contribution >= 4 is 29.9 Å². The average Bonchev–Trinajstić information content (AvgIpc) is 2.63. The summed E-state index contributed by atoms with van der Waals surface area (Å²) in [6, 6.07) is 7.89. The van der Waals surface area contributed by atoms with Gasteiger partial charge in [0.1, 0.15) is 12.4 Å². The number of guanidine groups is 1. The van der Waals surface area contributed by atoms with Crippen LogP contribution in [0.1, 0.15) is 44.6 Å². The van der Waals surface area contributed by atoms with Gasteiger partial charge in [-0.2, -0.15) is 0 Å². The Kier molecular flexibility index (Phi) is 10.7. The van der Waals surface area contributed by atoms with E-state index >= 15 is 0 Å². The molecule has 146 valence electrons. The summed E-state index contributed by atoms with van der Waals surface area (Å²) in [5.74, 6) is 1.55. The molecule has 1 aromatic rings. The fourth-order valence-corrected chi connectivity index (χ4v) is 3.06. The maximum Gasteiger partial charge on any atom is 0.191 e. The highest BCUT2D eigenvalue weighted by Crippen LogP contribution is 2.27. The van der Waals surface area contributed by atoms with Crippen LogP contribution in [0.4, 0.5) is 0 Å². The second kappa shape index (κ2) is 12.2. The van der Waals surface area contributed by atoms with E-state index in [1.54, 1.807) is 6.08 Å². The maximum atomic E-state index is 10.6. The van der Waals surface area contributed by atoms with Crippen LogP contribution in [0.15, 0.2) is 41.9 Å². The molecule has 2 rings (SSSR count). The number of nitrogens with one attached hydrogen (secondary N) is 2. The van der Waals surface area contributed by atoms with Crippen molar-refractivity contribution in [2.24, 2.45) is 4.99 Å². The van der Waals surface area contributed by atoms with E-state index in [0.717, 1.165) is 49.5 Å². The van der Waals surface area contributed by atoms with E-state index in [-0.39, 0.29) is 24.0 Å². The molecule has 26 heavy (non-hydrogen) atoms. The smallest absolute Gasteiger partial charge is 0.191 e. The summed E-state index contributed by atoms with van der Waals surface area (Å²) in [5, 5.41) is 17.2. The molecule has 0 radical (unpaired) electrons. The van der Waals surface area contributed by atoms with Crippen molar-refractivity contribution in [2.45, 2.75) is 51.2 Å². The van der Waals surface area contributed by atoms with Gasteiger partial charge < -0.3 is 20.5 Å². The lowest BCUT2D eigenvalue weighted by molar-refractivity contribution is 0.00859. The highest BCUT2D eigenvalue weighted by molar-refractivity contribution is 14.0. The Balaban J connectivity index is 0.00000338. The predicted octanol–water partition coefficient (Wildman–Crippen LogP) is 3.62. The summed E-state index contributed by atoms with van der Waals surface area (Å²) in [5.41, 5.74) is 0.414. The van der Waals surface area contributed by atoms with Gasteiger partial charge in [-0.25, -0.2) is 4.99 Å². The third kappa shape index (κ3) is 7.53. The number of para-hydroxylation sites is 1. The van der Waals surface area contributed by atoms with Crippen LogP contribution in [0, 0.1) is 0 Å². The van der Waals surface area contributed by atoms with Crippen LogP contribution in [-0.4, -0.2) is 36.4 Å². The highest BCUT2D eigenvalue weighted by Gasteiger charge is 2.29. The zero-order valence-corrected chi connectivity index (χ0v) is 18.0. The molecular weight excluding hydrogens is 441 g/mol. The summed E-state index contributed by atoms with van der Waals surface area (Å²) >= 11 is 0. The van der Waals surface area contributed by atoms with E-state index in [2.05, 4.69) is 22.2 Å². The molecule has 1 aliphatic rings. The molecule has 5 nitrogen and oxygen atoms in total. The van der Waals surface area contributed by atoms with Crippen LogP contribution >= 0.6 is 24.0 Å². The molecule has 3 N–H and O–H groups in total. The van der Waals surface area contributed by atoms with Crippen LogP contribution in [0.5, 0.6) is 5.75 Å². The van der Waals surface area contributed by atoms with Crippen LogP contribution < -0.4 is 15.4 Å². The number of nitrogens with zero attached hydrogens (tertiary/aromatic N) is 1. The first-order chi connectivity index (χ1) is 12.2. The summed E-state index contributed by atoms with van der Waals surface area (Å²) in [6.45, 7) is 8.02. The Morgan fingerprint density at radius 2 is 2.00 bits per heavy atom. The molecular formula is C20H32IN3O2. The fourth-order valence-electron chi connectivity index (χ4n) is 3.06. The van der Waals surface area contributed by atoms with Crippen molar-refractivity contribution in [1.82, 2.24) is 10.6 Å². The Morgan fingerprint density at radius 3 is 2.69 bits per heavy atom. The molecule has 0 spiro atoms. The molecule has 0 saturated heterocycles. The van der Waals surface area contributed by atoms with Gasteiger partial charge in [0.05, 0.1) is 12.1 Å². The summed E-state index contributed by atoms with van der Waals surface area (Å²) in [4.78, 5) is 4.65. The van der Waals surface area contributed by atoms with Crippen molar-refractivity contribution in [3.05, 3.63) is 42.5 Å². The van der Waals surface area contributed by atoms with Crippen molar-refractivity contribution in [3.8, 4) is 5.75 Å². The standard InChI is InChI=1S/C20H31N3O2.HI/c1-3-14-25-18-11-7-6-10-17(18)15-22-19(21-4-2)23-16-20(24)12-8-5-9-13-20;/h3,6-7,10-11,24H,1,4-5,8-9,12-16H2,2H3,(H2,21,22,23);1H. The minimum atomic E-state index is -0.612. The largest absolute Gasteiger partial charge is 0.489 e. The van der Waals surface area contributed by atoms with E-state index < -0.39 is 5.60 Å². The summed E-state index contributed by atoms with van der Waals surface area (Å²) in [7, 11) is 0. The van der Waals surface area contributed by atoms with Crippen molar-refractivity contribution in [2.75, 3.05) is 19.7 Å². The number of aliphatic imine (C=N–C) groups is 1. The van der Waals surface area contributed by atoms with Gasteiger partial charge in [-0.05, 0) is 25.8 Å². The van der Waals surface area contributed by atoms with Crippen LogP contribution in [-0.2, 0) is 6.54 Å². The number of hydrogen-bond donors (Lipinski definition) is 3. The zero-order chi connectivity index (χ0) is 18.0. The molecule has 0 atom stereocenters. The van der Waals surface area contributed by atoms with Crippen molar-refractivity contribution in [3.63, 3.8) is 0 Å². The topological polar surface area (TPSA) is 65.9 Å². The van der Waals surface area contributed by atoms with Crippen LogP contribution in [0.25, 0.3) is 0 Å². The Labute approximate surface area is 174 Å². The first-order valence-corrected chi connectivity index (χ1v) is 9.23. The maximum absolute atomic E-state index is 10.6. The molecule has 1 fully saturated rings. The van der Waals surface area contributed by atoms with Crippen LogP contribution in [0.2, 0.25) is 0 Å². The lowest BCUT2D eigenvalue weighted by Gasteiger charge is -2.32. The van der Waals surface area contributed by atoms with Crippen molar-refractivity contribution in [1.29, 1.82) is 0 Å². The van der Waals surface area contributed by atoms with Gasteiger partial charge in [-0.1, -0.05) is 50.1 Å². The lowest BCUT2D eigenvalue weighted by atomic mass is 9.85. The van der Waals surface area contributed by atoms with Gasteiger partial charge in [0.2, 0.25) is 0 Å². The Morgan fingerprint density at radius 1 is 1.27 bits per heavy atom. The summed E-state index contributed by atoms with van der Waals surface area (Å²) in [6.07, 6.45) is 6.86. The van der Waals surface area contributed by atoms with E-state index in [1.807, 2.05) is 31.2 Å². The SMILES string of the molecule is C=CCOc1ccccc1CN=C(NCC)NCC1(O)CCCCC1.I. The number of rotatable bonds is 8. The highest BCUT2D eigenvalue weighted by atomic mass is 127. The third-order valence-corrected chi connectivity index (χ3v) is 4.45.